The Morgan fingerprint density at radius 1 is 1.47 bits per heavy atom. The highest BCUT2D eigenvalue weighted by molar-refractivity contribution is 5.95. The second-order valence-electron chi connectivity index (χ2n) is 4.73. The predicted octanol–water partition coefficient (Wildman–Crippen LogP) is 1.07. The van der Waals surface area contributed by atoms with Gasteiger partial charge < -0.3 is 10.6 Å². The van der Waals surface area contributed by atoms with E-state index in [1.807, 2.05) is 4.90 Å². The van der Waals surface area contributed by atoms with Crippen molar-refractivity contribution in [1.29, 1.82) is 5.26 Å². The first-order valence-electron chi connectivity index (χ1n) is 6.12. The smallest absolute Gasteiger partial charge is 0.222 e. The Balaban J connectivity index is 2.34. The number of nitriles is 1. The number of carbonyl (C=O) groups excluding carboxylic acids is 2. The first-order valence-corrected chi connectivity index (χ1v) is 6.12. The van der Waals surface area contributed by atoms with Crippen molar-refractivity contribution in [3.63, 3.8) is 0 Å². The summed E-state index contributed by atoms with van der Waals surface area (Å²) in [5.74, 6) is -0.548. The summed E-state index contributed by atoms with van der Waals surface area (Å²) in [6, 6.07) is 7.11. The van der Waals surface area contributed by atoms with Crippen LogP contribution in [0.1, 0.15) is 29.3 Å². The summed E-state index contributed by atoms with van der Waals surface area (Å²) >= 11 is 0. The molecule has 0 aliphatic carbocycles. The SMILES string of the molecule is CC(=O)c1ccc(C#N)c(N2CCC(C(N)=O)C2)c1. The molecule has 1 fully saturated rings. The molecule has 1 unspecified atom stereocenters. The zero-order valence-corrected chi connectivity index (χ0v) is 10.7. The van der Waals surface area contributed by atoms with Gasteiger partial charge in [0.1, 0.15) is 6.07 Å². The van der Waals surface area contributed by atoms with Gasteiger partial charge in [-0.15, -0.1) is 0 Å². The van der Waals surface area contributed by atoms with Crippen LogP contribution in [0.2, 0.25) is 0 Å². The minimum atomic E-state index is -0.316. The fourth-order valence-corrected chi connectivity index (χ4v) is 2.32. The van der Waals surface area contributed by atoms with Gasteiger partial charge in [0.25, 0.3) is 0 Å². The zero-order chi connectivity index (χ0) is 14.0. The third kappa shape index (κ3) is 2.58. The number of carbonyl (C=O) groups is 2. The number of ketones is 1. The Bertz CT molecular complexity index is 575. The molecule has 1 saturated heterocycles. The Hall–Kier alpha value is -2.35. The first kappa shape index (κ1) is 13.1. The predicted molar refractivity (Wildman–Crippen MR) is 70.7 cm³/mol. The number of primary amides is 1. The lowest BCUT2D eigenvalue weighted by molar-refractivity contribution is -0.121. The van der Waals surface area contributed by atoms with Crippen LogP contribution < -0.4 is 10.6 Å². The van der Waals surface area contributed by atoms with Crippen molar-refractivity contribution in [3.05, 3.63) is 29.3 Å². The van der Waals surface area contributed by atoms with Crippen molar-refractivity contribution in [2.75, 3.05) is 18.0 Å². The van der Waals surface area contributed by atoms with E-state index in [2.05, 4.69) is 6.07 Å². The third-order valence-corrected chi connectivity index (χ3v) is 3.46. The summed E-state index contributed by atoms with van der Waals surface area (Å²) in [6.45, 7) is 2.66. The van der Waals surface area contributed by atoms with E-state index in [4.69, 9.17) is 11.0 Å². The number of amides is 1. The Morgan fingerprint density at radius 3 is 2.74 bits per heavy atom. The van der Waals surface area contributed by atoms with E-state index in [-0.39, 0.29) is 17.6 Å². The Labute approximate surface area is 111 Å². The molecule has 1 aliphatic heterocycles. The molecule has 5 heteroatoms. The highest BCUT2D eigenvalue weighted by Crippen LogP contribution is 2.28. The molecule has 1 heterocycles. The van der Waals surface area contributed by atoms with Gasteiger partial charge in [0, 0.05) is 18.7 Å². The molecule has 2 rings (SSSR count). The molecular weight excluding hydrogens is 242 g/mol. The van der Waals surface area contributed by atoms with Crippen molar-refractivity contribution in [1.82, 2.24) is 0 Å². The van der Waals surface area contributed by atoms with E-state index < -0.39 is 0 Å². The number of rotatable bonds is 3. The van der Waals surface area contributed by atoms with E-state index in [1.165, 1.54) is 6.92 Å². The van der Waals surface area contributed by atoms with Gasteiger partial charge in [-0.05, 0) is 31.5 Å². The molecule has 0 aromatic heterocycles. The van der Waals surface area contributed by atoms with Crippen LogP contribution in [0.15, 0.2) is 18.2 Å². The van der Waals surface area contributed by atoms with Gasteiger partial charge in [0.15, 0.2) is 5.78 Å². The maximum absolute atomic E-state index is 11.4. The number of nitrogens with two attached hydrogens (primary N) is 1. The van der Waals surface area contributed by atoms with E-state index >= 15 is 0 Å². The van der Waals surface area contributed by atoms with Crippen molar-refractivity contribution in [2.45, 2.75) is 13.3 Å². The molecular formula is C14H15N3O2. The van der Waals surface area contributed by atoms with Crippen LogP contribution in [0.4, 0.5) is 5.69 Å². The molecule has 0 radical (unpaired) electrons. The molecule has 5 nitrogen and oxygen atoms in total. The molecule has 0 spiro atoms. The van der Waals surface area contributed by atoms with Crippen molar-refractivity contribution in [3.8, 4) is 6.07 Å². The molecule has 19 heavy (non-hydrogen) atoms. The third-order valence-electron chi connectivity index (χ3n) is 3.46. The maximum atomic E-state index is 11.4. The largest absolute Gasteiger partial charge is 0.370 e. The van der Waals surface area contributed by atoms with Gasteiger partial charge in [-0.25, -0.2) is 0 Å². The van der Waals surface area contributed by atoms with Crippen molar-refractivity contribution >= 4 is 17.4 Å². The van der Waals surface area contributed by atoms with E-state index in [0.717, 1.165) is 0 Å². The minimum absolute atomic E-state index is 0.0450. The second kappa shape index (κ2) is 5.11. The standard InChI is InChI=1S/C14H15N3O2/c1-9(18)10-2-3-11(7-15)13(6-10)17-5-4-12(8-17)14(16)19/h2-3,6,12H,4-5,8H2,1H3,(H2,16,19). The normalized spacial score (nSPS) is 18.1. The van der Waals surface area contributed by atoms with Crippen molar-refractivity contribution < 1.29 is 9.59 Å². The maximum Gasteiger partial charge on any atom is 0.222 e. The Kier molecular flexibility index (Phi) is 3.52. The minimum Gasteiger partial charge on any atom is -0.370 e. The highest BCUT2D eigenvalue weighted by Gasteiger charge is 2.28. The van der Waals surface area contributed by atoms with Crippen LogP contribution in [0, 0.1) is 17.2 Å². The molecule has 1 atom stereocenters. The van der Waals surface area contributed by atoms with Gasteiger partial charge in [0.05, 0.1) is 17.2 Å². The van der Waals surface area contributed by atoms with E-state index in [0.29, 0.717) is 36.3 Å². The summed E-state index contributed by atoms with van der Waals surface area (Å²) in [7, 11) is 0. The zero-order valence-electron chi connectivity index (χ0n) is 10.7. The van der Waals surface area contributed by atoms with Gasteiger partial charge in [-0.3, -0.25) is 9.59 Å². The quantitative estimate of drug-likeness (QED) is 0.820. The fraction of sp³-hybridized carbons (Fsp3) is 0.357. The van der Waals surface area contributed by atoms with Crippen LogP contribution in [0.5, 0.6) is 0 Å². The molecule has 2 N–H and O–H groups in total. The van der Waals surface area contributed by atoms with Gasteiger partial charge in [-0.2, -0.15) is 5.26 Å². The lowest BCUT2D eigenvalue weighted by atomic mass is 10.1. The molecule has 1 aliphatic rings. The summed E-state index contributed by atoms with van der Waals surface area (Å²) in [6.07, 6.45) is 0.685. The number of Topliss-reactive ketones (excluding diaryl/α,β-unsaturated/α-hetero) is 1. The second-order valence-corrected chi connectivity index (χ2v) is 4.73. The van der Waals surface area contributed by atoms with E-state index in [9.17, 15) is 9.59 Å². The number of hydrogen-bond donors (Lipinski definition) is 1. The molecule has 0 bridgehead atoms. The molecule has 1 aromatic carbocycles. The monoisotopic (exact) mass is 257 g/mol. The summed E-state index contributed by atoms with van der Waals surface area (Å²) in [4.78, 5) is 24.5. The van der Waals surface area contributed by atoms with Gasteiger partial charge in [0.2, 0.25) is 5.91 Å². The van der Waals surface area contributed by atoms with Crippen LogP contribution in [-0.2, 0) is 4.79 Å². The topological polar surface area (TPSA) is 87.2 Å². The van der Waals surface area contributed by atoms with Crippen LogP contribution in [-0.4, -0.2) is 24.8 Å². The number of nitrogens with zero attached hydrogens (tertiary/aromatic N) is 2. The average molecular weight is 257 g/mol. The first-order chi connectivity index (χ1) is 9.02. The van der Waals surface area contributed by atoms with Crippen LogP contribution in [0.3, 0.4) is 0 Å². The summed E-state index contributed by atoms with van der Waals surface area (Å²) < 4.78 is 0. The number of anilines is 1. The van der Waals surface area contributed by atoms with Crippen LogP contribution in [0.25, 0.3) is 0 Å². The van der Waals surface area contributed by atoms with Gasteiger partial charge in [-0.1, -0.05) is 0 Å². The number of hydrogen-bond acceptors (Lipinski definition) is 4. The molecule has 1 aromatic rings. The molecule has 1 amide bonds. The molecule has 98 valence electrons. The summed E-state index contributed by atoms with van der Waals surface area (Å²) in [5, 5.41) is 9.13. The lowest BCUT2D eigenvalue weighted by Crippen LogP contribution is -2.27. The molecule has 0 saturated carbocycles. The lowest BCUT2D eigenvalue weighted by Gasteiger charge is -2.20. The summed E-state index contributed by atoms with van der Waals surface area (Å²) in [5.41, 5.74) is 7.08. The van der Waals surface area contributed by atoms with Gasteiger partial charge >= 0.3 is 0 Å². The van der Waals surface area contributed by atoms with Crippen molar-refractivity contribution in [2.24, 2.45) is 11.7 Å². The average Bonchev–Trinajstić information content (AvgIpc) is 2.87. The highest BCUT2D eigenvalue weighted by atomic mass is 16.1. The van der Waals surface area contributed by atoms with Crippen LogP contribution >= 0.6 is 0 Å². The Morgan fingerprint density at radius 2 is 2.21 bits per heavy atom. The fourth-order valence-electron chi connectivity index (χ4n) is 2.32. The van der Waals surface area contributed by atoms with E-state index in [1.54, 1.807) is 18.2 Å². The number of benzene rings is 1.